The standard InChI is InChI=1S/C21H37N5.HI/c1-5-22-21(23-13-9-10-14-24(4)19(2)3)26-17-15-25(16-18-26)20-11-7-6-8-12-20;/h6-8,11-12,19H,5,9-10,13-18H2,1-4H3,(H,22,23);1H. The van der Waals surface area contributed by atoms with E-state index in [1.807, 2.05) is 0 Å². The molecular formula is C21H38IN5. The van der Waals surface area contributed by atoms with Gasteiger partial charge in [0.25, 0.3) is 0 Å². The zero-order valence-corrected chi connectivity index (χ0v) is 19.9. The minimum absolute atomic E-state index is 0. The van der Waals surface area contributed by atoms with Crippen LogP contribution in [0.1, 0.15) is 33.6 Å². The van der Waals surface area contributed by atoms with E-state index in [1.165, 1.54) is 12.1 Å². The van der Waals surface area contributed by atoms with Crippen molar-refractivity contribution in [2.45, 2.75) is 39.7 Å². The van der Waals surface area contributed by atoms with Gasteiger partial charge < -0.3 is 20.0 Å². The zero-order valence-electron chi connectivity index (χ0n) is 17.5. The van der Waals surface area contributed by atoms with Crippen molar-refractivity contribution in [3.63, 3.8) is 0 Å². The van der Waals surface area contributed by atoms with E-state index < -0.39 is 0 Å². The molecule has 0 spiro atoms. The van der Waals surface area contributed by atoms with Crippen LogP contribution in [0.5, 0.6) is 0 Å². The molecule has 154 valence electrons. The maximum absolute atomic E-state index is 4.87. The number of piperazine rings is 1. The van der Waals surface area contributed by atoms with E-state index >= 15 is 0 Å². The molecule has 1 N–H and O–H groups in total. The van der Waals surface area contributed by atoms with Gasteiger partial charge in [0.2, 0.25) is 0 Å². The Hall–Kier alpha value is -1.02. The Labute approximate surface area is 183 Å². The van der Waals surface area contributed by atoms with Crippen LogP contribution in [-0.2, 0) is 0 Å². The van der Waals surface area contributed by atoms with Crippen LogP contribution in [0.15, 0.2) is 35.3 Å². The highest BCUT2D eigenvalue weighted by atomic mass is 127. The number of aliphatic imine (C=N–C) groups is 1. The molecule has 1 aromatic carbocycles. The predicted octanol–water partition coefficient (Wildman–Crippen LogP) is 3.51. The Morgan fingerprint density at radius 1 is 1.11 bits per heavy atom. The summed E-state index contributed by atoms with van der Waals surface area (Å²) in [6.07, 6.45) is 2.36. The SMILES string of the molecule is CCNC(=NCCCCN(C)C(C)C)N1CCN(c2ccccc2)CC1.I. The number of nitrogens with one attached hydrogen (secondary N) is 1. The molecule has 0 atom stereocenters. The molecule has 0 radical (unpaired) electrons. The van der Waals surface area contributed by atoms with Crippen LogP contribution >= 0.6 is 24.0 Å². The lowest BCUT2D eigenvalue weighted by Gasteiger charge is -2.37. The average Bonchev–Trinajstić information content (AvgIpc) is 2.67. The van der Waals surface area contributed by atoms with E-state index in [0.29, 0.717) is 6.04 Å². The van der Waals surface area contributed by atoms with Crippen LogP contribution < -0.4 is 10.2 Å². The molecule has 0 aromatic heterocycles. The normalized spacial score (nSPS) is 15.3. The summed E-state index contributed by atoms with van der Waals surface area (Å²) in [5.41, 5.74) is 1.32. The fourth-order valence-corrected chi connectivity index (χ4v) is 3.16. The van der Waals surface area contributed by atoms with Crippen molar-refractivity contribution >= 4 is 35.6 Å². The number of anilines is 1. The van der Waals surface area contributed by atoms with Crippen molar-refractivity contribution in [1.82, 2.24) is 15.1 Å². The van der Waals surface area contributed by atoms with E-state index in [1.54, 1.807) is 0 Å². The molecule has 1 aliphatic heterocycles. The minimum atomic E-state index is 0. The maximum atomic E-state index is 4.87. The summed E-state index contributed by atoms with van der Waals surface area (Å²) < 4.78 is 0. The Morgan fingerprint density at radius 3 is 2.37 bits per heavy atom. The van der Waals surface area contributed by atoms with Gasteiger partial charge in [-0.05, 0) is 59.3 Å². The van der Waals surface area contributed by atoms with Gasteiger partial charge in [0.05, 0.1) is 0 Å². The molecule has 1 aliphatic rings. The van der Waals surface area contributed by atoms with Crippen LogP contribution in [0.3, 0.4) is 0 Å². The third-order valence-electron chi connectivity index (χ3n) is 5.10. The number of unbranched alkanes of at least 4 members (excludes halogenated alkanes) is 1. The van der Waals surface area contributed by atoms with E-state index in [2.05, 4.69) is 78.2 Å². The number of nitrogens with zero attached hydrogens (tertiary/aromatic N) is 4. The summed E-state index contributed by atoms with van der Waals surface area (Å²) in [5.74, 6) is 1.08. The van der Waals surface area contributed by atoms with E-state index in [-0.39, 0.29) is 24.0 Å². The molecule has 27 heavy (non-hydrogen) atoms. The molecule has 1 fully saturated rings. The van der Waals surface area contributed by atoms with Gasteiger partial charge in [-0.25, -0.2) is 0 Å². The van der Waals surface area contributed by atoms with Gasteiger partial charge in [-0.3, -0.25) is 4.99 Å². The van der Waals surface area contributed by atoms with Crippen molar-refractivity contribution in [2.75, 3.05) is 57.8 Å². The second-order valence-electron chi connectivity index (χ2n) is 7.33. The van der Waals surface area contributed by atoms with Crippen LogP contribution in [-0.4, -0.2) is 74.7 Å². The zero-order chi connectivity index (χ0) is 18.8. The van der Waals surface area contributed by atoms with Crippen molar-refractivity contribution in [1.29, 1.82) is 0 Å². The summed E-state index contributed by atoms with van der Waals surface area (Å²) >= 11 is 0. The van der Waals surface area contributed by atoms with Gasteiger partial charge in [0, 0.05) is 51.0 Å². The van der Waals surface area contributed by atoms with E-state index in [0.717, 1.165) is 58.2 Å². The van der Waals surface area contributed by atoms with Gasteiger partial charge >= 0.3 is 0 Å². The number of rotatable bonds is 8. The van der Waals surface area contributed by atoms with Crippen molar-refractivity contribution in [2.24, 2.45) is 4.99 Å². The lowest BCUT2D eigenvalue weighted by atomic mass is 10.2. The quantitative estimate of drug-likeness (QED) is 0.264. The first-order valence-electron chi connectivity index (χ1n) is 10.1. The number of benzene rings is 1. The average molecular weight is 487 g/mol. The smallest absolute Gasteiger partial charge is 0.194 e. The molecule has 0 unspecified atom stereocenters. The Morgan fingerprint density at radius 2 is 1.78 bits per heavy atom. The molecule has 0 aliphatic carbocycles. The Kier molecular flexibility index (Phi) is 11.7. The third kappa shape index (κ3) is 8.25. The second kappa shape index (κ2) is 13.2. The predicted molar refractivity (Wildman–Crippen MR) is 129 cm³/mol. The van der Waals surface area contributed by atoms with Crippen molar-refractivity contribution < 1.29 is 0 Å². The Bertz CT molecular complexity index is 527. The molecule has 6 heteroatoms. The largest absolute Gasteiger partial charge is 0.368 e. The number of halogens is 1. The summed E-state index contributed by atoms with van der Waals surface area (Å²) in [6, 6.07) is 11.3. The van der Waals surface area contributed by atoms with Crippen molar-refractivity contribution in [3.8, 4) is 0 Å². The molecule has 5 nitrogen and oxygen atoms in total. The molecule has 0 bridgehead atoms. The number of hydrogen-bond acceptors (Lipinski definition) is 3. The molecule has 2 rings (SSSR count). The molecule has 1 heterocycles. The number of para-hydroxylation sites is 1. The third-order valence-corrected chi connectivity index (χ3v) is 5.10. The monoisotopic (exact) mass is 487 g/mol. The van der Waals surface area contributed by atoms with Crippen molar-refractivity contribution in [3.05, 3.63) is 30.3 Å². The van der Waals surface area contributed by atoms with Crippen LogP contribution in [0.25, 0.3) is 0 Å². The maximum Gasteiger partial charge on any atom is 0.194 e. The van der Waals surface area contributed by atoms with E-state index in [9.17, 15) is 0 Å². The molecule has 0 amide bonds. The fourth-order valence-electron chi connectivity index (χ4n) is 3.16. The first kappa shape index (κ1) is 24.0. The van der Waals surface area contributed by atoms with E-state index in [4.69, 9.17) is 4.99 Å². The molecule has 0 saturated carbocycles. The second-order valence-corrected chi connectivity index (χ2v) is 7.33. The Balaban J connectivity index is 0.00000364. The first-order valence-corrected chi connectivity index (χ1v) is 10.1. The molecule has 1 aromatic rings. The highest BCUT2D eigenvalue weighted by Gasteiger charge is 2.19. The fraction of sp³-hybridized carbons (Fsp3) is 0.667. The highest BCUT2D eigenvalue weighted by molar-refractivity contribution is 14.0. The van der Waals surface area contributed by atoms with Gasteiger partial charge in [-0.1, -0.05) is 18.2 Å². The lowest BCUT2D eigenvalue weighted by molar-refractivity contribution is 0.269. The highest BCUT2D eigenvalue weighted by Crippen LogP contribution is 2.15. The summed E-state index contributed by atoms with van der Waals surface area (Å²) in [4.78, 5) is 12.1. The molecular weight excluding hydrogens is 449 g/mol. The van der Waals surface area contributed by atoms with Gasteiger partial charge in [0.1, 0.15) is 0 Å². The number of guanidine groups is 1. The first-order chi connectivity index (χ1) is 12.6. The van der Waals surface area contributed by atoms with Crippen LogP contribution in [0.2, 0.25) is 0 Å². The number of hydrogen-bond donors (Lipinski definition) is 1. The van der Waals surface area contributed by atoms with Crippen LogP contribution in [0.4, 0.5) is 5.69 Å². The van der Waals surface area contributed by atoms with Gasteiger partial charge in [0.15, 0.2) is 5.96 Å². The lowest BCUT2D eigenvalue weighted by Crippen LogP contribution is -2.52. The summed E-state index contributed by atoms with van der Waals surface area (Å²) in [7, 11) is 2.20. The molecule has 1 saturated heterocycles. The van der Waals surface area contributed by atoms with Crippen LogP contribution in [0, 0.1) is 0 Å². The minimum Gasteiger partial charge on any atom is -0.368 e. The summed E-state index contributed by atoms with van der Waals surface area (Å²) in [6.45, 7) is 13.8. The van der Waals surface area contributed by atoms with Gasteiger partial charge in [-0.2, -0.15) is 0 Å². The van der Waals surface area contributed by atoms with Gasteiger partial charge in [-0.15, -0.1) is 24.0 Å². The summed E-state index contributed by atoms with van der Waals surface area (Å²) in [5, 5.41) is 3.47. The topological polar surface area (TPSA) is 34.1 Å².